The molecule has 5 aromatic carbocycles. The van der Waals surface area contributed by atoms with E-state index in [1.165, 1.54) is 77.1 Å². The van der Waals surface area contributed by atoms with Gasteiger partial charge in [-0.15, -0.1) is 0 Å². The van der Waals surface area contributed by atoms with Crippen molar-refractivity contribution in [1.29, 1.82) is 0 Å². The number of Topliss-reactive ketones (excluding diaryl/α,β-unsaturated/α-hetero) is 7. The van der Waals surface area contributed by atoms with Crippen LogP contribution in [0.4, 0.5) is 17.1 Å². The van der Waals surface area contributed by atoms with Gasteiger partial charge in [0.15, 0.2) is 5.78 Å². The molecular formula is C77H103N7O29. The molecule has 0 bridgehead atoms. The van der Waals surface area contributed by atoms with E-state index in [1.54, 1.807) is 74.5 Å². The van der Waals surface area contributed by atoms with Crippen LogP contribution >= 0.6 is 0 Å². The number of carbonyl (C=O) groups is 18. The summed E-state index contributed by atoms with van der Waals surface area (Å²) in [6, 6.07) is 30.4. The van der Waals surface area contributed by atoms with Crippen LogP contribution in [0.3, 0.4) is 0 Å². The summed E-state index contributed by atoms with van der Waals surface area (Å²) in [6.07, 6.45) is 6.57. The van der Waals surface area contributed by atoms with Crippen LogP contribution in [-0.4, -0.2) is 228 Å². The van der Waals surface area contributed by atoms with E-state index in [0.29, 0.717) is 62.0 Å². The number of carbonyl (C=O) groups excluding carboxylic acids is 7. The lowest BCUT2D eigenvalue weighted by Gasteiger charge is -2.04. The highest BCUT2D eigenvalue weighted by Crippen LogP contribution is 2.15. The molecule has 113 heavy (non-hydrogen) atoms. The van der Waals surface area contributed by atoms with Crippen molar-refractivity contribution in [2.75, 3.05) is 81.8 Å². The summed E-state index contributed by atoms with van der Waals surface area (Å²) in [5, 5.41) is 108. The number of ketones is 7. The van der Waals surface area contributed by atoms with E-state index in [1.807, 2.05) is 12.1 Å². The summed E-state index contributed by atoms with van der Waals surface area (Å²) < 4.78 is 0. The Labute approximate surface area is 651 Å². The van der Waals surface area contributed by atoms with Gasteiger partial charge in [-0.3, -0.25) is 52.7 Å². The molecule has 5 aromatic rings. The summed E-state index contributed by atoms with van der Waals surface area (Å²) in [5.41, 5.74) is 10.9. The van der Waals surface area contributed by atoms with Gasteiger partial charge in [0.25, 0.3) is 0 Å². The largest absolute Gasteiger partial charge is 0.481 e. The van der Waals surface area contributed by atoms with Gasteiger partial charge in [-0.05, 0) is 183 Å². The normalized spacial score (nSPS) is 9.58. The Morgan fingerprint density at radius 3 is 0.894 bits per heavy atom. The average molecular weight is 1590 g/mol. The Bertz CT molecular complexity index is 3650. The Morgan fingerprint density at radius 2 is 0.566 bits per heavy atom. The molecule has 36 nitrogen and oxygen atoms in total. The molecule has 0 radical (unpaired) electrons. The number of carboxylic acids is 11. The van der Waals surface area contributed by atoms with Crippen molar-refractivity contribution in [3.63, 3.8) is 0 Å². The minimum absolute atomic E-state index is 0.0326. The van der Waals surface area contributed by atoms with Crippen LogP contribution in [0.25, 0.3) is 0 Å². The highest BCUT2D eigenvalue weighted by atomic mass is 16.4. The third kappa shape index (κ3) is 70.6. The van der Waals surface area contributed by atoms with Crippen molar-refractivity contribution in [3.05, 3.63) is 160 Å². The second kappa shape index (κ2) is 65.1. The van der Waals surface area contributed by atoms with E-state index in [0.717, 1.165) is 54.6 Å². The van der Waals surface area contributed by atoms with Gasteiger partial charge in [-0.25, -0.2) is 24.0 Å². The van der Waals surface area contributed by atoms with Gasteiger partial charge in [0.1, 0.15) is 34.7 Å². The molecule has 0 heterocycles. The molecule has 0 amide bonds. The zero-order valence-corrected chi connectivity index (χ0v) is 63.9. The van der Waals surface area contributed by atoms with E-state index in [9.17, 15) is 86.3 Å². The SMILES string of the molecule is CC(=O)CCCCc1ccc(C(=O)O)cc1.CC(=O)CCCc1ccc(C(=O)O)cc1.CC(=O)CCNCCC(=O)O.CC(=O)CCNc1ccc(C(=O)O)cc1.CC(=O)CNCC(=O)O.CC(=O)CNc1ccc(C(=O)O)cc1.CC(=O)c1cc(N)cc(C(=O)O)c1.O=C(O)CCNCC(=O)O.O=C(O)CCNCC(=O)O. The molecular weight excluding hydrogens is 1490 g/mol. The van der Waals surface area contributed by atoms with Crippen LogP contribution < -0.4 is 37.6 Å². The van der Waals surface area contributed by atoms with Crippen LogP contribution in [0, 0.1) is 0 Å². The Balaban J connectivity index is -0.000000595. The number of unbranched alkanes of at least 4 members (excludes halogenated alkanes) is 1. The zero-order chi connectivity index (χ0) is 87.0. The van der Waals surface area contributed by atoms with E-state index in [2.05, 4.69) is 31.9 Å². The summed E-state index contributed by atoms with van der Waals surface area (Å²) in [6.45, 7) is 12.3. The lowest BCUT2D eigenvalue weighted by Crippen LogP contribution is -2.26. The van der Waals surface area contributed by atoms with Crippen molar-refractivity contribution in [1.82, 2.24) is 21.3 Å². The topological polar surface area (TPSA) is 628 Å². The minimum atomic E-state index is -1.09. The molecule has 0 aliphatic carbocycles. The Kier molecular flexibility index (Phi) is 61.4. The third-order valence-corrected chi connectivity index (χ3v) is 13.3. The van der Waals surface area contributed by atoms with Crippen LogP contribution in [0.15, 0.2) is 115 Å². The first kappa shape index (κ1) is 107. The first-order valence-electron chi connectivity index (χ1n) is 34.4. The lowest BCUT2D eigenvalue weighted by atomic mass is 10.0. The van der Waals surface area contributed by atoms with E-state index in [-0.39, 0.29) is 128 Å². The van der Waals surface area contributed by atoms with Crippen molar-refractivity contribution in [2.24, 2.45) is 0 Å². The number of benzene rings is 5. The van der Waals surface area contributed by atoms with Crippen molar-refractivity contribution < 1.29 is 142 Å². The number of aliphatic carboxylic acids is 6. The molecule has 0 fully saturated rings. The maximum atomic E-state index is 10.9. The number of aryl methyl sites for hydroxylation is 2. The van der Waals surface area contributed by atoms with E-state index < -0.39 is 65.7 Å². The van der Waals surface area contributed by atoms with Gasteiger partial charge in [-0.2, -0.15) is 0 Å². The van der Waals surface area contributed by atoms with Crippen molar-refractivity contribution in [2.45, 2.75) is 126 Å². The summed E-state index contributed by atoms with van der Waals surface area (Å²) in [4.78, 5) is 186. The predicted molar refractivity (Wildman–Crippen MR) is 413 cm³/mol. The van der Waals surface area contributed by atoms with E-state index >= 15 is 0 Å². The van der Waals surface area contributed by atoms with Crippen LogP contribution in [-0.2, 0) is 70.4 Å². The van der Waals surface area contributed by atoms with Crippen LogP contribution in [0.1, 0.15) is 186 Å². The van der Waals surface area contributed by atoms with Crippen molar-refractivity contribution in [3.8, 4) is 0 Å². The molecule has 0 spiro atoms. The number of carboxylic acid groups (broad SMARTS) is 11. The lowest BCUT2D eigenvalue weighted by molar-refractivity contribution is -0.138. The van der Waals surface area contributed by atoms with Gasteiger partial charge in [-0.1, -0.05) is 24.3 Å². The highest BCUT2D eigenvalue weighted by Gasteiger charge is 2.10. The monoisotopic (exact) mass is 1590 g/mol. The molecule has 0 atom stereocenters. The molecule has 0 saturated carbocycles. The fourth-order valence-corrected chi connectivity index (χ4v) is 7.63. The smallest absolute Gasteiger partial charge is 0.335 e. The molecule has 19 N–H and O–H groups in total. The molecule has 0 aliphatic heterocycles. The third-order valence-electron chi connectivity index (χ3n) is 13.3. The summed E-state index contributed by atoms with van der Waals surface area (Å²) >= 11 is 0. The van der Waals surface area contributed by atoms with E-state index in [4.69, 9.17) is 61.9 Å². The molecule has 0 aromatic heterocycles. The summed E-state index contributed by atoms with van der Waals surface area (Å²) in [5.74, 6) is -9.95. The number of nitrogens with one attached hydrogen (secondary N) is 6. The quantitative estimate of drug-likeness (QED) is 0.0108. The maximum absolute atomic E-state index is 10.9. The number of anilines is 3. The van der Waals surface area contributed by atoms with Gasteiger partial charge in [0.05, 0.1) is 79.8 Å². The average Bonchev–Trinajstić information content (AvgIpc) is 0.823. The summed E-state index contributed by atoms with van der Waals surface area (Å²) in [7, 11) is 0. The van der Waals surface area contributed by atoms with Gasteiger partial charge in [0.2, 0.25) is 0 Å². The molecule has 620 valence electrons. The number of nitrogens with two attached hydrogens (primary N) is 1. The Hall–Kier alpha value is -12.8. The first-order chi connectivity index (χ1) is 52.9. The molecule has 0 aliphatic rings. The number of hydrogen-bond donors (Lipinski definition) is 18. The first-order valence-corrected chi connectivity index (χ1v) is 34.4. The number of aromatic carboxylic acids is 5. The molecule has 5 rings (SSSR count). The van der Waals surface area contributed by atoms with Crippen LogP contribution in [0.2, 0.25) is 0 Å². The molecule has 36 heteroatoms. The molecule has 0 unspecified atom stereocenters. The number of hydrogen-bond acceptors (Lipinski definition) is 25. The van der Waals surface area contributed by atoms with Gasteiger partial charge in [0, 0.05) is 81.0 Å². The molecule has 0 saturated heterocycles. The fraction of sp³-hybridized carbons (Fsp3) is 0.377. The van der Waals surface area contributed by atoms with Crippen LogP contribution in [0.5, 0.6) is 0 Å². The van der Waals surface area contributed by atoms with Crippen molar-refractivity contribution >= 4 is 123 Å². The number of rotatable bonds is 42. The maximum Gasteiger partial charge on any atom is 0.335 e. The predicted octanol–water partition coefficient (Wildman–Crippen LogP) is 6.86. The second-order valence-electron chi connectivity index (χ2n) is 23.8. The second-order valence-corrected chi connectivity index (χ2v) is 23.8. The highest BCUT2D eigenvalue weighted by molar-refractivity contribution is 5.99. The standard InChI is InChI=1S/C13H16O3.C12H14O3.C11H13NO3.C10H11NO3.C9H9NO3.C7H13NO3.2C5H9NO4.C5H9NO3/c1-10(14)4-2-3-5-11-6-8-12(9-7-11)13(15)16;1-9(13)3-2-4-10-5-7-11(8-6-10)12(14)15;1-8(13)6-7-12-10-4-2-9(3-5-10)11(14)15;1-7(12)6-11-9-4-2-8(3-5-9)10(13)14;1-5(11)6-2-7(9(12)13)4-8(10)3-6;1-6(9)2-4-8-5-3-7(10)11;2*7-4(8)1-2-6-3-5(9)10;1-4(7)2-6-3-5(8)9/h6-9H,2-5H2,1H3,(H,15,16);5-8H,2-4H2,1H3,(H,14,15);2-5,12H,6-7H2,1H3,(H,14,15);2-5,11H,6H2,1H3,(H,13,14);2-4H,10H2,1H3,(H,12,13);8H,2-5H2,1H3,(H,10,11);2*6H,1-3H2,(H,7,8)(H,9,10);6H,2-3H2,1H3,(H,8,9). The number of nitrogen functional groups attached to an aromatic ring is 1. The zero-order valence-electron chi connectivity index (χ0n) is 63.9. The van der Waals surface area contributed by atoms with Gasteiger partial charge >= 0.3 is 65.7 Å². The Morgan fingerprint density at radius 1 is 0.265 bits per heavy atom. The fourth-order valence-electron chi connectivity index (χ4n) is 7.63. The van der Waals surface area contributed by atoms with Gasteiger partial charge < -0.3 is 103 Å². The minimum Gasteiger partial charge on any atom is -0.481 e.